The molecule has 1 aromatic heterocycles. The summed E-state index contributed by atoms with van der Waals surface area (Å²) in [4.78, 5) is 0. The average Bonchev–Trinajstić information content (AvgIpc) is 2.77. The van der Waals surface area contributed by atoms with Crippen molar-refractivity contribution >= 4 is 10.8 Å². The summed E-state index contributed by atoms with van der Waals surface area (Å²) >= 11 is 0. The van der Waals surface area contributed by atoms with Gasteiger partial charge in [0.05, 0.1) is 11.9 Å². The number of alkyl halides is 2. The molecule has 3 aromatic carbocycles. The van der Waals surface area contributed by atoms with Crippen LogP contribution in [0.25, 0.3) is 33.2 Å². The standard InChI is InChI=1S/C28H26F2N2/c1-27(2,3)25-14-22(13-20-6-4-5-7-24(20)25)26-15-23(17-31-32-26)18-8-9-21-16-28(29,30)11-10-19(21)12-18/h4-9,12-15,17H,10-11,16H2,1-3H3. The van der Waals surface area contributed by atoms with E-state index in [9.17, 15) is 8.78 Å². The molecule has 0 atom stereocenters. The Kier molecular flexibility index (Phi) is 4.85. The number of hydrogen-bond donors (Lipinski definition) is 0. The number of benzene rings is 3. The highest BCUT2D eigenvalue weighted by atomic mass is 19.3. The molecule has 0 fully saturated rings. The molecule has 162 valence electrons. The second-order valence-corrected chi connectivity index (χ2v) is 9.84. The summed E-state index contributed by atoms with van der Waals surface area (Å²) in [5, 5.41) is 11.1. The number of aryl methyl sites for hydroxylation is 1. The molecule has 0 spiro atoms. The molecule has 0 radical (unpaired) electrons. The van der Waals surface area contributed by atoms with Gasteiger partial charge >= 0.3 is 0 Å². The van der Waals surface area contributed by atoms with E-state index >= 15 is 0 Å². The maximum Gasteiger partial charge on any atom is 0.252 e. The Morgan fingerprint density at radius 2 is 1.66 bits per heavy atom. The van der Waals surface area contributed by atoms with E-state index in [0.717, 1.165) is 33.5 Å². The van der Waals surface area contributed by atoms with Crippen LogP contribution in [0.15, 0.2) is 66.9 Å². The molecule has 5 rings (SSSR count). The van der Waals surface area contributed by atoms with Gasteiger partial charge < -0.3 is 0 Å². The largest absolute Gasteiger partial charge is 0.252 e. The summed E-state index contributed by atoms with van der Waals surface area (Å²) in [7, 11) is 0. The van der Waals surface area contributed by atoms with Crippen LogP contribution >= 0.6 is 0 Å². The van der Waals surface area contributed by atoms with Gasteiger partial charge in [0, 0.05) is 24.0 Å². The first-order valence-electron chi connectivity index (χ1n) is 11.1. The molecule has 2 nitrogen and oxygen atoms in total. The van der Waals surface area contributed by atoms with Crippen molar-refractivity contribution in [2.75, 3.05) is 0 Å². The lowest BCUT2D eigenvalue weighted by atomic mass is 9.82. The second kappa shape index (κ2) is 7.47. The normalized spacial score (nSPS) is 15.5. The van der Waals surface area contributed by atoms with E-state index in [4.69, 9.17) is 0 Å². The Morgan fingerprint density at radius 3 is 2.47 bits per heavy atom. The zero-order chi connectivity index (χ0) is 22.5. The second-order valence-electron chi connectivity index (χ2n) is 9.84. The zero-order valence-corrected chi connectivity index (χ0v) is 18.6. The molecule has 0 amide bonds. The lowest BCUT2D eigenvalue weighted by Gasteiger charge is -2.24. The fourth-order valence-corrected chi connectivity index (χ4v) is 4.64. The van der Waals surface area contributed by atoms with Crippen LogP contribution in [0.5, 0.6) is 0 Å². The maximum atomic E-state index is 13.8. The lowest BCUT2D eigenvalue weighted by molar-refractivity contribution is -0.0122. The number of rotatable bonds is 2. The Balaban J connectivity index is 1.58. The fraction of sp³-hybridized carbons (Fsp3) is 0.286. The highest BCUT2D eigenvalue weighted by Gasteiger charge is 2.33. The quantitative estimate of drug-likeness (QED) is 0.333. The number of aromatic nitrogens is 2. The minimum Gasteiger partial charge on any atom is -0.207 e. The van der Waals surface area contributed by atoms with E-state index in [2.05, 4.69) is 67.4 Å². The third-order valence-corrected chi connectivity index (χ3v) is 6.37. The summed E-state index contributed by atoms with van der Waals surface area (Å²) in [6, 6.07) is 20.6. The maximum absolute atomic E-state index is 13.8. The molecule has 0 saturated carbocycles. The molecule has 4 aromatic rings. The SMILES string of the molecule is CC(C)(C)c1cc(-c2cc(-c3ccc4c(c3)CCC(F)(F)C4)cnn2)cc2ccccc12. The van der Waals surface area contributed by atoms with Gasteiger partial charge in [-0.2, -0.15) is 10.2 Å². The van der Waals surface area contributed by atoms with Gasteiger partial charge in [-0.25, -0.2) is 8.78 Å². The van der Waals surface area contributed by atoms with Crippen LogP contribution in [0.1, 0.15) is 43.9 Å². The molecule has 1 aliphatic rings. The molecule has 0 N–H and O–H groups in total. The molecule has 0 saturated heterocycles. The summed E-state index contributed by atoms with van der Waals surface area (Å²) in [5.41, 5.74) is 6.78. The fourth-order valence-electron chi connectivity index (χ4n) is 4.64. The molecule has 0 unspecified atom stereocenters. The Labute approximate surface area is 187 Å². The van der Waals surface area contributed by atoms with Gasteiger partial charge in [0.2, 0.25) is 0 Å². The van der Waals surface area contributed by atoms with Crippen molar-refractivity contribution in [2.24, 2.45) is 0 Å². The summed E-state index contributed by atoms with van der Waals surface area (Å²) in [5.74, 6) is -2.60. The smallest absolute Gasteiger partial charge is 0.207 e. The topological polar surface area (TPSA) is 25.8 Å². The van der Waals surface area contributed by atoms with Crippen LogP contribution in [0.3, 0.4) is 0 Å². The molecule has 0 bridgehead atoms. The van der Waals surface area contributed by atoms with Crippen LogP contribution in [0, 0.1) is 0 Å². The van der Waals surface area contributed by atoms with E-state index in [1.54, 1.807) is 6.20 Å². The zero-order valence-electron chi connectivity index (χ0n) is 18.6. The third kappa shape index (κ3) is 3.90. The minimum atomic E-state index is -2.60. The molecular weight excluding hydrogens is 402 g/mol. The summed E-state index contributed by atoms with van der Waals surface area (Å²) in [6.07, 6.45) is 1.89. The van der Waals surface area contributed by atoms with Gasteiger partial charge in [-0.1, -0.05) is 63.2 Å². The van der Waals surface area contributed by atoms with Crippen molar-refractivity contribution in [3.05, 3.63) is 83.6 Å². The van der Waals surface area contributed by atoms with Crippen LogP contribution in [0.4, 0.5) is 8.78 Å². The molecule has 4 heteroatoms. The highest BCUT2D eigenvalue weighted by Crippen LogP contribution is 2.37. The highest BCUT2D eigenvalue weighted by molar-refractivity contribution is 5.91. The van der Waals surface area contributed by atoms with Crippen LogP contribution < -0.4 is 0 Å². The molecule has 0 aliphatic heterocycles. The first kappa shape index (κ1) is 20.7. The van der Waals surface area contributed by atoms with Gasteiger partial charge in [-0.05, 0) is 63.1 Å². The monoisotopic (exact) mass is 428 g/mol. The van der Waals surface area contributed by atoms with Crippen LogP contribution in [-0.2, 0) is 18.3 Å². The summed E-state index contributed by atoms with van der Waals surface area (Å²) < 4.78 is 27.5. The third-order valence-electron chi connectivity index (χ3n) is 6.37. The van der Waals surface area contributed by atoms with Gasteiger partial charge in [-0.3, -0.25) is 0 Å². The van der Waals surface area contributed by atoms with E-state index in [1.807, 2.05) is 24.3 Å². The lowest BCUT2D eigenvalue weighted by Crippen LogP contribution is -2.25. The van der Waals surface area contributed by atoms with Crippen molar-refractivity contribution in [3.63, 3.8) is 0 Å². The van der Waals surface area contributed by atoms with Crippen molar-refractivity contribution in [3.8, 4) is 22.4 Å². The first-order valence-corrected chi connectivity index (χ1v) is 11.1. The Morgan fingerprint density at radius 1 is 0.844 bits per heavy atom. The van der Waals surface area contributed by atoms with E-state index in [0.29, 0.717) is 6.42 Å². The van der Waals surface area contributed by atoms with Gasteiger partial charge in [0.15, 0.2) is 0 Å². The summed E-state index contributed by atoms with van der Waals surface area (Å²) in [6.45, 7) is 6.66. The predicted octanol–water partition coefficient (Wildman–Crippen LogP) is 7.39. The van der Waals surface area contributed by atoms with Gasteiger partial charge in [0.25, 0.3) is 5.92 Å². The van der Waals surface area contributed by atoms with E-state index in [1.165, 1.54) is 16.3 Å². The number of nitrogens with zero attached hydrogens (tertiary/aromatic N) is 2. The van der Waals surface area contributed by atoms with Crippen LogP contribution in [0.2, 0.25) is 0 Å². The van der Waals surface area contributed by atoms with Gasteiger partial charge in [-0.15, -0.1) is 0 Å². The Hall–Kier alpha value is -3.14. The molecular formula is C28H26F2N2. The minimum absolute atomic E-state index is 0.0127. The van der Waals surface area contributed by atoms with E-state index in [-0.39, 0.29) is 18.3 Å². The molecule has 1 aliphatic carbocycles. The van der Waals surface area contributed by atoms with Crippen molar-refractivity contribution in [1.82, 2.24) is 10.2 Å². The number of halogens is 2. The average molecular weight is 429 g/mol. The van der Waals surface area contributed by atoms with Gasteiger partial charge in [0.1, 0.15) is 0 Å². The number of fused-ring (bicyclic) bond motifs is 2. The Bertz CT molecular complexity index is 1320. The van der Waals surface area contributed by atoms with Crippen molar-refractivity contribution < 1.29 is 8.78 Å². The predicted molar refractivity (Wildman–Crippen MR) is 126 cm³/mol. The van der Waals surface area contributed by atoms with Crippen molar-refractivity contribution in [1.29, 1.82) is 0 Å². The van der Waals surface area contributed by atoms with Crippen molar-refractivity contribution in [2.45, 2.75) is 51.4 Å². The first-order chi connectivity index (χ1) is 15.2. The van der Waals surface area contributed by atoms with Crippen LogP contribution in [-0.4, -0.2) is 16.1 Å². The molecule has 1 heterocycles. The number of hydrogen-bond acceptors (Lipinski definition) is 2. The molecule has 32 heavy (non-hydrogen) atoms. The van der Waals surface area contributed by atoms with E-state index < -0.39 is 5.92 Å².